The summed E-state index contributed by atoms with van der Waals surface area (Å²) in [5.41, 5.74) is 0. The van der Waals surface area contributed by atoms with Crippen LogP contribution in [0.25, 0.3) is 0 Å². The molecule has 0 saturated carbocycles. The first-order valence-electron chi connectivity index (χ1n) is 7.17. The van der Waals surface area contributed by atoms with Crippen molar-refractivity contribution in [1.29, 1.82) is 0 Å². The number of hydrogen-bond donors (Lipinski definition) is 1. The van der Waals surface area contributed by atoms with Gasteiger partial charge in [0.15, 0.2) is 0 Å². The second-order valence-corrected chi connectivity index (χ2v) is 5.71. The molecule has 0 aromatic carbocycles. The number of rotatable bonds is 3. The minimum atomic E-state index is 0.799. The van der Waals surface area contributed by atoms with Gasteiger partial charge in [-0.3, -0.25) is 4.90 Å². The van der Waals surface area contributed by atoms with Crippen molar-refractivity contribution in [2.24, 2.45) is 5.92 Å². The molecule has 0 amide bonds. The normalized spacial score (nSPS) is 36.7. The number of likely N-dealkylation sites (tertiary alicyclic amines) is 1. The van der Waals surface area contributed by atoms with Crippen LogP contribution in [0.3, 0.4) is 0 Å². The Balaban J connectivity index is 1.44. The molecule has 17 heavy (non-hydrogen) atoms. The molecule has 2 unspecified atom stereocenters. The minimum absolute atomic E-state index is 0.799. The van der Waals surface area contributed by atoms with Gasteiger partial charge in [0, 0.05) is 32.2 Å². The predicted molar refractivity (Wildman–Crippen MR) is 68.2 cm³/mol. The van der Waals surface area contributed by atoms with E-state index >= 15 is 0 Å². The van der Waals surface area contributed by atoms with Crippen LogP contribution in [0.4, 0.5) is 0 Å². The lowest BCUT2D eigenvalue weighted by molar-refractivity contribution is 0.0183. The van der Waals surface area contributed by atoms with Crippen LogP contribution in [-0.4, -0.2) is 74.9 Å². The van der Waals surface area contributed by atoms with E-state index in [0.717, 1.165) is 38.3 Å². The van der Waals surface area contributed by atoms with Gasteiger partial charge in [-0.2, -0.15) is 0 Å². The molecular weight excluding hydrogens is 214 g/mol. The summed E-state index contributed by atoms with van der Waals surface area (Å²) in [4.78, 5) is 5.31. The average molecular weight is 239 g/mol. The summed E-state index contributed by atoms with van der Waals surface area (Å²) in [5, 5.41) is 3.47. The van der Waals surface area contributed by atoms with Crippen molar-refractivity contribution >= 4 is 0 Å². The molecule has 0 bridgehead atoms. The van der Waals surface area contributed by atoms with Gasteiger partial charge in [-0.25, -0.2) is 0 Å². The number of ether oxygens (including phenoxy) is 1. The van der Waals surface area contributed by atoms with Crippen LogP contribution in [-0.2, 0) is 4.74 Å². The Kier molecular flexibility index (Phi) is 3.96. The lowest BCUT2D eigenvalue weighted by atomic mass is 10.1. The Morgan fingerprint density at radius 3 is 2.76 bits per heavy atom. The molecule has 3 aliphatic heterocycles. The van der Waals surface area contributed by atoms with Crippen molar-refractivity contribution in [3.63, 3.8) is 0 Å². The molecular formula is C13H25N3O. The van der Waals surface area contributed by atoms with Crippen LogP contribution in [0, 0.1) is 5.92 Å². The molecule has 3 rings (SSSR count). The zero-order valence-corrected chi connectivity index (χ0v) is 10.7. The minimum Gasteiger partial charge on any atom is -0.379 e. The highest BCUT2D eigenvalue weighted by Gasteiger charge is 2.30. The molecule has 3 heterocycles. The maximum atomic E-state index is 5.43. The SMILES string of the molecule is C1CC(CN2CCC(N3CCOCC3)C2)CN1. The van der Waals surface area contributed by atoms with Crippen molar-refractivity contribution < 1.29 is 4.74 Å². The molecule has 0 aromatic rings. The van der Waals surface area contributed by atoms with E-state index < -0.39 is 0 Å². The molecule has 4 nitrogen and oxygen atoms in total. The Morgan fingerprint density at radius 2 is 2.00 bits per heavy atom. The molecule has 2 atom stereocenters. The van der Waals surface area contributed by atoms with Gasteiger partial charge in [0.25, 0.3) is 0 Å². The van der Waals surface area contributed by atoms with Crippen molar-refractivity contribution in [2.45, 2.75) is 18.9 Å². The van der Waals surface area contributed by atoms with Crippen molar-refractivity contribution in [1.82, 2.24) is 15.1 Å². The van der Waals surface area contributed by atoms with E-state index in [-0.39, 0.29) is 0 Å². The van der Waals surface area contributed by atoms with E-state index in [2.05, 4.69) is 15.1 Å². The third-order valence-corrected chi connectivity index (χ3v) is 4.49. The number of morpholine rings is 1. The van der Waals surface area contributed by atoms with Gasteiger partial charge in [-0.1, -0.05) is 0 Å². The Bertz CT molecular complexity index is 237. The van der Waals surface area contributed by atoms with Gasteiger partial charge >= 0.3 is 0 Å². The lowest BCUT2D eigenvalue weighted by Gasteiger charge is -2.32. The fourth-order valence-corrected chi connectivity index (χ4v) is 3.45. The molecule has 3 fully saturated rings. The largest absolute Gasteiger partial charge is 0.379 e. The molecule has 0 aliphatic carbocycles. The summed E-state index contributed by atoms with van der Waals surface area (Å²) in [5.74, 6) is 0.901. The van der Waals surface area contributed by atoms with Crippen LogP contribution >= 0.6 is 0 Å². The highest BCUT2D eigenvalue weighted by Crippen LogP contribution is 2.19. The summed E-state index contributed by atoms with van der Waals surface area (Å²) in [6, 6.07) is 0.799. The molecule has 0 aromatic heterocycles. The molecule has 1 N–H and O–H groups in total. The van der Waals surface area contributed by atoms with E-state index in [9.17, 15) is 0 Å². The van der Waals surface area contributed by atoms with E-state index in [0.29, 0.717) is 0 Å². The van der Waals surface area contributed by atoms with Gasteiger partial charge < -0.3 is 15.0 Å². The average Bonchev–Trinajstić information content (AvgIpc) is 3.02. The van der Waals surface area contributed by atoms with Crippen LogP contribution in [0.15, 0.2) is 0 Å². The first-order chi connectivity index (χ1) is 8.42. The maximum Gasteiger partial charge on any atom is 0.0594 e. The smallest absolute Gasteiger partial charge is 0.0594 e. The van der Waals surface area contributed by atoms with Gasteiger partial charge in [0.2, 0.25) is 0 Å². The lowest BCUT2D eigenvalue weighted by Crippen LogP contribution is -2.45. The van der Waals surface area contributed by atoms with Crippen molar-refractivity contribution in [3.8, 4) is 0 Å². The van der Waals surface area contributed by atoms with Crippen LogP contribution in [0.1, 0.15) is 12.8 Å². The van der Waals surface area contributed by atoms with Gasteiger partial charge in [0.05, 0.1) is 13.2 Å². The fraction of sp³-hybridized carbons (Fsp3) is 1.00. The van der Waals surface area contributed by atoms with Crippen molar-refractivity contribution in [2.75, 3.05) is 59.0 Å². The second-order valence-electron chi connectivity index (χ2n) is 5.71. The van der Waals surface area contributed by atoms with Gasteiger partial charge in [-0.05, 0) is 38.4 Å². The molecule has 3 aliphatic rings. The van der Waals surface area contributed by atoms with Gasteiger partial charge in [-0.15, -0.1) is 0 Å². The highest BCUT2D eigenvalue weighted by atomic mass is 16.5. The highest BCUT2D eigenvalue weighted by molar-refractivity contribution is 4.86. The number of nitrogens with one attached hydrogen (secondary N) is 1. The Hall–Kier alpha value is -0.160. The third kappa shape index (κ3) is 2.99. The Labute approximate surface area is 104 Å². The summed E-state index contributed by atoms with van der Waals surface area (Å²) >= 11 is 0. The summed E-state index contributed by atoms with van der Waals surface area (Å²) in [7, 11) is 0. The van der Waals surface area contributed by atoms with E-state index in [1.165, 1.54) is 45.6 Å². The topological polar surface area (TPSA) is 27.7 Å². The third-order valence-electron chi connectivity index (χ3n) is 4.49. The first kappa shape index (κ1) is 11.9. The standard InChI is InChI=1S/C13H25N3O/c1-3-14-9-12(1)10-15-4-2-13(11-15)16-5-7-17-8-6-16/h12-14H,1-11H2. The molecule has 0 radical (unpaired) electrons. The second kappa shape index (κ2) is 5.65. The summed E-state index contributed by atoms with van der Waals surface area (Å²) in [6.45, 7) is 10.5. The number of hydrogen-bond acceptors (Lipinski definition) is 4. The fourth-order valence-electron chi connectivity index (χ4n) is 3.45. The monoisotopic (exact) mass is 239 g/mol. The van der Waals surface area contributed by atoms with Crippen molar-refractivity contribution in [3.05, 3.63) is 0 Å². The number of nitrogens with zero attached hydrogens (tertiary/aromatic N) is 2. The van der Waals surface area contributed by atoms with Crippen LogP contribution in [0.2, 0.25) is 0 Å². The zero-order valence-electron chi connectivity index (χ0n) is 10.7. The first-order valence-corrected chi connectivity index (χ1v) is 7.17. The summed E-state index contributed by atoms with van der Waals surface area (Å²) < 4.78 is 5.43. The maximum absolute atomic E-state index is 5.43. The van der Waals surface area contributed by atoms with E-state index in [4.69, 9.17) is 4.74 Å². The van der Waals surface area contributed by atoms with Gasteiger partial charge in [0.1, 0.15) is 0 Å². The molecule has 0 spiro atoms. The van der Waals surface area contributed by atoms with E-state index in [1.54, 1.807) is 0 Å². The molecule has 98 valence electrons. The Morgan fingerprint density at radius 1 is 1.12 bits per heavy atom. The quantitative estimate of drug-likeness (QED) is 0.750. The van der Waals surface area contributed by atoms with Crippen LogP contribution in [0.5, 0.6) is 0 Å². The predicted octanol–water partition coefficient (Wildman–Crippen LogP) is 0.00240. The zero-order chi connectivity index (χ0) is 11.5. The summed E-state index contributed by atoms with van der Waals surface area (Å²) in [6.07, 6.45) is 2.73. The van der Waals surface area contributed by atoms with Crippen LogP contribution < -0.4 is 5.32 Å². The molecule has 4 heteroatoms. The van der Waals surface area contributed by atoms with E-state index in [1.807, 2.05) is 0 Å². The molecule has 3 saturated heterocycles.